The predicted molar refractivity (Wildman–Crippen MR) is 104 cm³/mol. The number of anilines is 1. The number of azo groups is 1. The Kier molecular flexibility index (Phi) is 6.33. The Labute approximate surface area is 170 Å². The van der Waals surface area contributed by atoms with Crippen LogP contribution in [0.3, 0.4) is 0 Å². The number of non-ortho nitro benzene ring substituents is 1. The van der Waals surface area contributed by atoms with Crippen molar-refractivity contribution in [2.45, 2.75) is 31.6 Å². The van der Waals surface area contributed by atoms with Gasteiger partial charge in [0, 0.05) is 24.7 Å². The molecule has 1 heterocycles. The fraction of sp³-hybridized carbons (Fsp3) is 0.412. The number of nitro groups is 1. The van der Waals surface area contributed by atoms with Crippen LogP contribution >= 0.6 is 11.6 Å². The summed E-state index contributed by atoms with van der Waals surface area (Å²) in [7, 11) is 0. The fourth-order valence-electron chi connectivity index (χ4n) is 3.12. The molecule has 2 aromatic rings. The van der Waals surface area contributed by atoms with Gasteiger partial charge < -0.3 is 20.6 Å². The van der Waals surface area contributed by atoms with Crippen LogP contribution in [0, 0.1) is 23.0 Å². The molecule has 1 aromatic heterocycles. The average Bonchev–Trinajstić information content (AvgIpc) is 2.95. The van der Waals surface area contributed by atoms with Gasteiger partial charge >= 0.3 is 0 Å². The van der Waals surface area contributed by atoms with Crippen molar-refractivity contribution in [3.8, 4) is 0 Å². The van der Waals surface area contributed by atoms with Crippen molar-refractivity contribution in [1.82, 2.24) is 9.97 Å². The zero-order valence-electron chi connectivity index (χ0n) is 15.3. The second kappa shape index (κ2) is 8.74. The number of nitrogens with one attached hydrogen (secondary N) is 1. The van der Waals surface area contributed by atoms with E-state index >= 15 is 0 Å². The molecule has 0 amide bonds. The highest BCUT2D eigenvalue weighted by Crippen LogP contribution is 2.35. The highest BCUT2D eigenvalue weighted by molar-refractivity contribution is 6.32. The van der Waals surface area contributed by atoms with E-state index in [1.54, 1.807) is 6.92 Å². The number of benzene rings is 1. The molecular formula is C17H19ClN6O5. The Balaban J connectivity index is 1.90. The van der Waals surface area contributed by atoms with E-state index in [-0.39, 0.29) is 34.6 Å². The van der Waals surface area contributed by atoms with E-state index in [9.17, 15) is 25.4 Å². The Morgan fingerprint density at radius 2 is 2.07 bits per heavy atom. The zero-order chi connectivity index (χ0) is 21.1. The molecule has 4 atom stereocenters. The quantitative estimate of drug-likeness (QED) is 0.238. The standard InChI is InChI=1S/C17H19ClN6O5/c1-8-19-16(18)13(23-22-10-3-2-4-11(6-10)24(28)29)17(20-8)21-12-5-9(7-25)14(26)15(12)27/h2-4,6,9,12,14-15,25-27H,5,7H2,1H3,(H,19,20,21)/t9-,12-,14-,15+/m1/s1. The first kappa shape index (κ1) is 21.0. The number of rotatable bonds is 6. The third-order valence-electron chi connectivity index (χ3n) is 4.62. The van der Waals surface area contributed by atoms with Crippen LogP contribution in [0.25, 0.3) is 0 Å². The Bertz CT molecular complexity index is 943. The van der Waals surface area contributed by atoms with Crippen LogP contribution in [-0.2, 0) is 0 Å². The largest absolute Gasteiger partial charge is 0.396 e. The molecule has 0 aliphatic heterocycles. The fourth-order valence-corrected chi connectivity index (χ4v) is 3.37. The van der Waals surface area contributed by atoms with Crippen LogP contribution < -0.4 is 5.32 Å². The number of aliphatic hydroxyl groups excluding tert-OH is 3. The first-order chi connectivity index (χ1) is 13.8. The summed E-state index contributed by atoms with van der Waals surface area (Å²) in [4.78, 5) is 18.6. The van der Waals surface area contributed by atoms with Crippen molar-refractivity contribution in [2.24, 2.45) is 16.1 Å². The summed E-state index contributed by atoms with van der Waals surface area (Å²) in [5.74, 6) is 0.0564. The molecule has 1 saturated carbocycles. The van der Waals surface area contributed by atoms with Crippen LogP contribution in [0.4, 0.5) is 22.9 Å². The second-order valence-electron chi connectivity index (χ2n) is 6.65. The molecule has 11 nitrogen and oxygen atoms in total. The molecule has 1 aliphatic rings. The molecule has 0 unspecified atom stereocenters. The lowest BCUT2D eigenvalue weighted by Gasteiger charge is -2.19. The Morgan fingerprint density at radius 3 is 2.72 bits per heavy atom. The van der Waals surface area contributed by atoms with Crippen LogP contribution in [-0.4, -0.2) is 55.1 Å². The van der Waals surface area contributed by atoms with Crippen molar-refractivity contribution >= 4 is 34.5 Å². The molecule has 1 fully saturated rings. The molecule has 154 valence electrons. The van der Waals surface area contributed by atoms with E-state index in [2.05, 4.69) is 25.5 Å². The maximum atomic E-state index is 10.9. The molecule has 0 spiro atoms. The molecule has 1 aromatic carbocycles. The van der Waals surface area contributed by atoms with Gasteiger partial charge in [0.05, 0.1) is 22.8 Å². The Morgan fingerprint density at radius 1 is 1.31 bits per heavy atom. The lowest BCUT2D eigenvalue weighted by molar-refractivity contribution is -0.384. The zero-order valence-corrected chi connectivity index (χ0v) is 16.1. The number of hydrogen-bond acceptors (Lipinski definition) is 10. The first-order valence-corrected chi connectivity index (χ1v) is 9.11. The summed E-state index contributed by atoms with van der Waals surface area (Å²) in [5.41, 5.74) is 0.181. The SMILES string of the molecule is Cc1nc(Cl)c(N=Nc2cccc([N+](=O)[O-])c2)c(N[C@@H]2C[C@H](CO)[C@@H](O)[C@H]2O)n1. The number of aryl methyl sites for hydroxylation is 1. The molecule has 12 heteroatoms. The Hall–Kier alpha value is -2.73. The molecule has 1 aliphatic carbocycles. The lowest BCUT2D eigenvalue weighted by atomic mass is 10.1. The van der Waals surface area contributed by atoms with Gasteiger partial charge in [-0.2, -0.15) is 5.11 Å². The highest BCUT2D eigenvalue weighted by Gasteiger charge is 2.41. The monoisotopic (exact) mass is 422 g/mol. The van der Waals surface area contributed by atoms with Gasteiger partial charge in [0.1, 0.15) is 11.9 Å². The predicted octanol–water partition coefficient (Wildman–Crippen LogP) is 2.28. The molecule has 0 bridgehead atoms. The van der Waals surface area contributed by atoms with Gasteiger partial charge in [-0.25, -0.2) is 9.97 Å². The number of aromatic nitrogens is 2. The summed E-state index contributed by atoms with van der Waals surface area (Å²) in [6.07, 6.45) is -1.89. The van der Waals surface area contributed by atoms with Crippen molar-refractivity contribution in [3.05, 3.63) is 45.4 Å². The van der Waals surface area contributed by atoms with Crippen molar-refractivity contribution in [3.63, 3.8) is 0 Å². The van der Waals surface area contributed by atoms with Crippen molar-refractivity contribution in [1.29, 1.82) is 0 Å². The van der Waals surface area contributed by atoms with Crippen LogP contribution in [0.1, 0.15) is 12.2 Å². The minimum atomic E-state index is -1.12. The molecule has 4 N–H and O–H groups in total. The van der Waals surface area contributed by atoms with E-state index in [1.165, 1.54) is 24.3 Å². The summed E-state index contributed by atoms with van der Waals surface area (Å²) < 4.78 is 0. The van der Waals surface area contributed by atoms with Crippen LogP contribution in [0.5, 0.6) is 0 Å². The number of hydrogen-bond donors (Lipinski definition) is 4. The molecule has 0 radical (unpaired) electrons. The normalized spacial score (nSPS) is 24.2. The average molecular weight is 423 g/mol. The van der Waals surface area contributed by atoms with Gasteiger partial charge in [0.2, 0.25) is 0 Å². The summed E-state index contributed by atoms with van der Waals surface area (Å²) in [6, 6.07) is 5.00. The van der Waals surface area contributed by atoms with E-state index in [4.69, 9.17) is 11.6 Å². The highest BCUT2D eigenvalue weighted by atomic mass is 35.5. The van der Waals surface area contributed by atoms with Gasteiger partial charge in [0.15, 0.2) is 16.7 Å². The molecule has 29 heavy (non-hydrogen) atoms. The van der Waals surface area contributed by atoms with Gasteiger partial charge in [-0.05, 0) is 19.4 Å². The molecular weight excluding hydrogens is 404 g/mol. The maximum absolute atomic E-state index is 10.9. The van der Waals surface area contributed by atoms with Crippen molar-refractivity contribution in [2.75, 3.05) is 11.9 Å². The molecule has 3 rings (SSSR count). The maximum Gasteiger partial charge on any atom is 0.271 e. The minimum absolute atomic E-state index is 0.000856. The molecule has 0 saturated heterocycles. The van der Waals surface area contributed by atoms with E-state index in [0.29, 0.717) is 12.2 Å². The number of nitrogens with zero attached hydrogens (tertiary/aromatic N) is 5. The summed E-state index contributed by atoms with van der Waals surface area (Å²) in [5, 5.41) is 51.4. The third kappa shape index (κ3) is 4.65. The van der Waals surface area contributed by atoms with E-state index < -0.39 is 29.1 Å². The van der Waals surface area contributed by atoms with E-state index in [0.717, 1.165) is 0 Å². The van der Waals surface area contributed by atoms with Crippen LogP contribution in [0.2, 0.25) is 5.15 Å². The summed E-state index contributed by atoms with van der Waals surface area (Å²) in [6.45, 7) is 1.36. The minimum Gasteiger partial charge on any atom is -0.396 e. The number of nitro benzene ring substituents is 1. The lowest BCUT2D eigenvalue weighted by Crippen LogP contribution is -2.35. The number of aliphatic hydroxyl groups is 3. The van der Waals surface area contributed by atoms with Gasteiger partial charge in [-0.1, -0.05) is 17.7 Å². The van der Waals surface area contributed by atoms with Crippen molar-refractivity contribution < 1.29 is 20.2 Å². The first-order valence-electron chi connectivity index (χ1n) is 8.74. The second-order valence-corrected chi connectivity index (χ2v) is 7.00. The smallest absolute Gasteiger partial charge is 0.271 e. The van der Waals surface area contributed by atoms with Crippen LogP contribution in [0.15, 0.2) is 34.5 Å². The topological polar surface area (TPSA) is 166 Å². The van der Waals surface area contributed by atoms with Gasteiger partial charge in [-0.15, -0.1) is 5.11 Å². The van der Waals surface area contributed by atoms with E-state index in [1.807, 2.05) is 0 Å². The summed E-state index contributed by atoms with van der Waals surface area (Å²) >= 11 is 6.18. The third-order valence-corrected chi connectivity index (χ3v) is 4.88. The van der Waals surface area contributed by atoms with Gasteiger partial charge in [-0.3, -0.25) is 10.1 Å². The van der Waals surface area contributed by atoms with Gasteiger partial charge in [0.25, 0.3) is 5.69 Å². The number of halogens is 1.